The van der Waals surface area contributed by atoms with Gasteiger partial charge in [0.15, 0.2) is 0 Å². The van der Waals surface area contributed by atoms with E-state index in [0.29, 0.717) is 0 Å². The zero-order valence-electron chi connectivity index (χ0n) is 18.5. The molecule has 0 aliphatic heterocycles. The van der Waals surface area contributed by atoms with E-state index in [0.717, 1.165) is 0 Å². The first kappa shape index (κ1) is 24.4. The Bertz CT molecular complexity index is 395. The van der Waals surface area contributed by atoms with Crippen molar-refractivity contribution in [1.29, 1.82) is 0 Å². The quantitative estimate of drug-likeness (QED) is 0.302. The van der Waals surface area contributed by atoms with Crippen LogP contribution in [0.3, 0.4) is 0 Å². The molecule has 0 unspecified atom stereocenters. The summed E-state index contributed by atoms with van der Waals surface area (Å²) in [5, 5.41) is 7.00. The summed E-state index contributed by atoms with van der Waals surface area (Å²) in [4.78, 5) is 0. The van der Waals surface area contributed by atoms with Crippen molar-refractivity contribution in [2.24, 2.45) is 0 Å². The molecule has 0 saturated heterocycles. The molecule has 0 amide bonds. The van der Waals surface area contributed by atoms with Crippen molar-refractivity contribution in [3.8, 4) is 0 Å². The average Bonchev–Trinajstić information content (AvgIpc) is 2.63. The van der Waals surface area contributed by atoms with Crippen LogP contribution in [0.25, 0.3) is 0 Å². The predicted molar refractivity (Wildman–Crippen MR) is 123 cm³/mol. The Labute approximate surface area is 159 Å². The Kier molecular flexibility index (Phi) is 13.2. The molecule has 0 saturated carbocycles. The Morgan fingerprint density at radius 3 is 0.800 bits per heavy atom. The van der Waals surface area contributed by atoms with Crippen molar-refractivity contribution in [2.45, 2.75) is 107 Å². The third-order valence-electron chi connectivity index (χ3n) is 5.40. The molecule has 0 nitrogen and oxygen atoms in total. The fourth-order valence-corrected chi connectivity index (χ4v) is 11.2. The van der Waals surface area contributed by atoms with Crippen LogP contribution in [0.4, 0.5) is 0 Å². The summed E-state index contributed by atoms with van der Waals surface area (Å²) in [6.07, 6.45) is 19.8. The number of hydrogen-bond donors (Lipinski definition) is 0. The summed E-state index contributed by atoms with van der Waals surface area (Å²) in [6.45, 7) is 18.5. The first-order chi connectivity index (χ1) is 12.1. The van der Waals surface area contributed by atoms with Gasteiger partial charge in [0, 0.05) is 0 Å². The summed E-state index contributed by atoms with van der Waals surface area (Å²) in [6, 6.07) is 0. The van der Waals surface area contributed by atoms with E-state index in [1.807, 2.05) is 0 Å². The average molecular weight is 365 g/mol. The third-order valence-corrected chi connectivity index (χ3v) is 11.4. The van der Waals surface area contributed by atoms with E-state index < -0.39 is 7.26 Å². The Balaban J connectivity index is 6.92. The Hall–Kier alpha value is -0.610. The number of allylic oxidation sites excluding steroid dienone is 8. The molecule has 0 fully saturated rings. The first-order valence-electron chi connectivity index (χ1n) is 10.7. The van der Waals surface area contributed by atoms with Gasteiger partial charge in [0.2, 0.25) is 0 Å². The summed E-state index contributed by atoms with van der Waals surface area (Å²) < 4.78 is 0. The molecule has 0 rings (SSSR count). The van der Waals surface area contributed by atoms with Gasteiger partial charge in [-0.1, -0.05) is 0 Å². The van der Waals surface area contributed by atoms with Gasteiger partial charge in [-0.2, -0.15) is 0 Å². The number of hydrogen-bond acceptors (Lipinski definition) is 0. The van der Waals surface area contributed by atoms with E-state index in [1.54, 1.807) is 21.3 Å². The molecular formula is C24H45P. The van der Waals surface area contributed by atoms with Crippen LogP contribution in [0, 0.1) is 0 Å². The van der Waals surface area contributed by atoms with Crippen LogP contribution < -0.4 is 0 Å². The molecule has 1 heteroatoms. The molecule has 0 radical (unpaired) electrons. The molecule has 0 aromatic heterocycles. The molecule has 0 spiro atoms. The van der Waals surface area contributed by atoms with Crippen LogP contribution in [0.2, 0.25) is 0 Å². The normalized spacial score (nSPS) is 15.7. The van der Waals surface area contributed by atoms with Crippen LogP contribution in [0.15, 0.2) is 45.6 Å². The zero-order chi connectivity index (χ0) is 19.3. The standard InChI is InChI=1S/C24H45P/c1-9-17-21(13-5)25(22(14-6)18-10-2,23(15-7)19-11-3)24(16-8)20-12-4/h13-16,25H,9-12,17-20H2,1-8H3. The van der Waals surface area contributed by atoms with E-state index >= 15 is 0 Å². The van der Waals surface area contributed by atoms with Crippen molar-refractivity contribution in [2.75, 3.05) is 0 Å². The Morgan fingerprint density at radius 2 is 0.680 bits per heavy atom. The molecule has 0 bridgehead atoms. The monoisotopic (exact) mass is 364 g/mol. The second-order valence-corrected chi connectivity index (χ2v) is 11.1. The van der Waals surface area contributed by atoms with Crippen LogP contribution >= 0.6 is 7.26 Å². The fraction of sp³-hybridized carbons (Fsp3) is 0.667. The molecule has 0 aliphatic carbocycles. The van der Waals surface area contributed by atoms with Gasteiger partial charge < -0.3 is 0 Å². The van der Waals surface area contributed by atoms with Gasteiger partial charge >= 0.3 is 160 Å². The van der Waals surface area contributed by atoms with Crippen molar-refractivity contribution in [3.63, 3.8) is 0 Å². The molecule has 0 N–H and O–H groups in total. The molecule has 25 heavy (non-hydrogen) atoms. The summed E-state index contributed by atoms with van der Waals surface area (Å²) in [7, 11) is -1.95. The van der Waals surface area contributed by atoms with E-state index in [1.165, 1.54) is 51.4 Å². The van der Waals surface area contributed by atoms with Crippen LogP contribution in [0.1, 0.15) is 107 Å². The van der Waals surface area contributed by atoms with Gasteiger partial charge in [0.05, 0.1) is 0 Å². The predicted octanol–water partition coefficient (Wildman–Crippen LogP) is 9.55. The molecule has 0 aromatic rings. The van der Waals surface area contributed by atoms with Crippen molar-refractivity contribution in [3.05, 3.63) is 45.6 Å². The van der Waals surface area contributed by atoms with E-state index in [2.05, 4.69) is 79.7 Å². The summed E-state index contributed by atoms with van der Waals surface area (Å²) in [5.41, 5.74) is 0. The second-order valence-electron chi connectivity index (χ2n) is 7.01. The number of rotatable bonds is 12. The van der Waals surface area contributed by atoms with Crippen molar-refractivity contribution in [1.82, 2.24) is 0 Å². The van der Waals surface area contributed by atoms with Crippen LogP contribution in [-0.2, 0) is 0 Å². The maximum absolute atomic E-state index is 2.48. The van der Waals surface area contributed by atoms with Gasteiger partial charge in [-0.15, -0.1) is 0 Å². The van der Waals surface area contributed by atoms with E-state index in [4.69, 9.17) is 0 Å². The first-order valence-corrected chi connectivity index (χ1v) is 12.7. The van der Waals surface area contributed by atoms with Crippen molar-refractivity contribution >= 4 is 7.26 Å². The topological polar surface area (TPSA) is 0 Å². The SMILES string of the molecule is CC=C(CCC)[PH](C(=CC)CCC)(C(=CC)CCC)C(=CC)CCC. The summed E-state index contributed by atoms with van der Waals surface area (Å²) >= 11 is 0. The van der Waals surface area contributed by atoms with Crippen LogP contribution in [0.5, 0.6) is 0 Å². The third kappa shape index (κ3) is 5.68. The van der Waals surface area contributed by atoms with Crippen LogP contribution in [-0.4, -0.2) is 0 Å². The molecule has 146 valence electrons. The molecule has 0 atom stereocenters. The Morgan fingerprint density at radius 1 is 0.480 bits per heavy atom. The minimum absolute atomic E-state index is 1.24. The second kappa shape index (κ2) is 13.6. The van der Waals surface area contributed by atoms with Gasteiger partial charge in [-0.25, -0.2) is 0 Å². The molecule has 0 heterocycles. The molecular weight excluding hydrogens is 319 g/mol. The van der Waals surface area contributed by atoms with E-state index in [-0.39, 0.29) is 0 Å². The maximum atomic E-state index is 2.48. The van der Waals surface area contributed by atoms with Gasteiger partial charge in [-0.3, -0.25) is 0 Å². The minimum atomic E-state index is -1.95. The molecule has 0 aromatic carbocycles. The van der Waals surface area contributed by atoms with Gasteiger partial charge in [0.1, 0.15) is 0 Å². The van der Waals surface area contributed by atoms with Gasteiger partial charge in [0.25, 0.3) is 0 Å². The van der Waals surface area contributed by atoms with Gasteiger partial charge in [-0.05, 0) is 0 Å². The van der Waals surface area contributed by atoms with E-state index in [9.17, 15) is 0 Å². The summed E-state index contributed by atoms with van der Waals surface area (Å²) in [5.74, 6) is 0. The molecule has 0 aliphatic rings. The fourth-order valence-electron chi connectivity index (χ4n) is 4.51. The van der Waals surface area contributed by atoms with Crippen molar-refractivity contribution < 1.29 is 0 Å². The zero-order valence-corrected chi connectivity index (χ0v) is 19.5.